The van der Waals surface area contributed by atoms with Crippen molar-refractivity contribution < 1.29 is 14.6 Å². The zero-order valence-electron chi connectivity index (χ0n) is 15.0. The second kappa shape index (κ2) is 6.63. The zero-order valence-corrected chi connectivity index (χ0v) is 15.7. The molecule has 1 heterocycles. The first-order valence-electron chi connectivity index (χ1n) is 8.69. The van der Waals surface area contributed by atoms with Crippen molar-refractivity contribution >= 4 is 39.4 Å². The van der Waals surface area contributed by atoms with E-state index >= 15 is 0 Å². The molecule has 5 heteroatoms. The number of benzene rings is 3. The Morgan fingerprint density at radius 1 is 1.15 bits per heavy atom. The molecule has 0 aliphatic carbocycles. The maximum absolute atomic E-state index is 12.5. The molecule has 0 unspecified atom stereocenters. The molecular formula is C22H18ClNO3. The Morgan fingerprint density at radius 2 is 1.85 bits per heavy atom. The number of aryl methyl sites for hydroxylation is 1. The standard InChI is InChI=1S/C22H18ClNO3/c1-3-27-22(26)17-12-16(13-8-10-14(23)11-9-13)20-19(21(17)25)15-6-4-5-7-18(15)24(20)2/h4-12,25H,3H2,1-2H3. The minimum atomic E-state index is -0.542. The minimum absolute atomic E-state index is 0.0574. The summed E-state index contributed by atoms with van der Waals surface area (Å²) in [6.45, 7) is 1.98. The van der Waals surface area contributed by atoms with Gasteiger partial charge in [-0.1, -0.05) is 41.9 Å². The third-order valence-electron chi connectivity index (χ3n) is 4.79. The smallest absolute Gasteiger partial charge is 0.341 e. The normalized spacial score (nSPS) is 11.2. The van der Waals surface area contributed by atoms with Crippen LogP contribution in [0.3, 0.4) is 0 Å². The highest BCUT2D eigenvalue weighted by molar-refractivity contribution is 6.30. The number of carbonyl (C=O) groups excluding carboxylic acids is 1. The maximum Gasteiger partial charge on any atom is 0.341 e. The van der Waals surface area contributed by atoms with E-state index in [2.05, 4.69) is 0 Å². The number of aromatic hydroxyl groups is 1. The van der Waals surface area contributed by atoms with Gasteiger partial charge < -0.3 is 14.4 Å². The number of halogens is 1. The predicted octanol–water partition coefficient (Wildman–Crippen LogP) is 5.53. The van der Waals surface area contributed by atoms with Crippen LogP contribution in [-0.2, 0) is 11.8 Å². The monoisotopic (exact) mass is 379 g/mol. The van der Waals surface area contributed by atoms with Crippen molar-refractivity contribution in [3.63, 3.8) is 0 Å². The highest BCUT2D eigenvalue weighted by Gasteiger charge is 2.23. The van der Waals surface area contributed by atoms with E-state index in [1.165, 1.54) is 0 Å². The average molecular weight is 380 g/mol. The second-order valence-electron chi connectivity index (χ2n) is 6.35. The zero-order chi connectivity index (χ0) is 19.1. The van der Waals surface area contributed by atoms with Gasteiger partial charge in [-0.3, -0.25) is 0 Å². The lowest BCUT2D eigenvalue weighted by Gasteiger charge is -2.12. The molecule has 1 N–H and O–H groups in total. The van der Waals surface area contributed by atoms with E-state index in [0.29, 0.717) is 10.4 Å². The number of ether oxygens (including phenoxy) is 1. The van der Waals surface area contributed by atoms with Gasteiger partial charge in [-0.05, 0) is 36.8 Å². The number of esters is 1. The van der Waals surface area contributed by atoms with Crippen molar-refractivity contribution in [2.45, 2.75) is 6.92 Å². The minimum Gasteiger partial charge on any atom is -0.506 e. The van der Waals surface area contributed by atoms with Gasteiger partial charge in [-0.15, -0.1) is 0 Å². The summed E-state index contributed by atoms with van der Waals surface area (Å²) < 4.78 is 7.19. The van der Waals surface area contributed by atoms with Gasteiger partial charge >= 0.3 is 5.97 Å². The van der Waals surface area contributed by atoms with E-state index in [1.807, 2.05) is 60.1 Å². The molecule has 27 heavy (non-hydrogen) atoms. The molecule has 0 amide bonds. The van der Waals surface area contributed by atoms with Crippen LogP contribution in [0.15, 0.2) is 54.6 Å². The summed E-state index contributed by atoms with van der Waals surface area (Å²) in [4.78, 5) is 12.5. The largest absolute Gasteiger partial charge is 0.506 e. The van der Waals surface area contributed by atoms with E-state index < -0.39 is 5.97 Å². The lowest BCUT2D eigenvalue weighted by molar-refractivity contribution is 0.0523. The lowest BCUT2D eigenvalue weighted by Crippen LogP contribution is -2.06. The van der Waals surface area contributed by atoms with Crippen molar-refractivity contribution in [3.05, 3.63) is 65.2 Å². The van der Waals surface area contributed by atoms with Crippen LogP contribution in [-0.4, -0.2) is 22.2 Å². The number of carbonyl (C=O) groups is 1. The summed E-state index contributed by atoms with van der Waals surface area (Å²) >= 11 is 6.04. The molecule has 136 valence electrons. The number of phenolic OH excluding ortho intramolecular Hbond substituents is 1. The van der Waals surface area contributed by atoms with Crippen LogP contribution in [0.25, 0.3) is 32.9 Å². The highest BCUT2D eigenvalue weighted by Crippen LogP contribution is 2.42. The molecule has 4 nitrogen and oxygen atoms in total. The van der Waals surface area contributed by atoms with E-state index in [4.69, 9.17) is 16.3 Å². The van der Waals surface area contributed by atoms with Crippen LogP contribution in [0.4, 0.5) is 0 Å². The Labute approximate surface area is 161 Å². The number of fused-ring (bicyclic) bond motifs is 3. The fourth-order valence-corrected chi connectivity index (χ4v) is 3.70. The predicted molar refractivity (Wildman–Crippen MR) is 108 cm³/mol. The molecule has 0 saturated carbocycles. The van der Waals surface area contributed by atoms with Crippen LogP contribution in [0.5, 0.6) is 5.75 Å². The molecule has 4 aromatic rings. The lowest BCUT2D eigenvalue weighted by atomic mass is 9.97. The van der Waals surface area contributed by atoms with Gasteiger partial charge in [0.1, 0.15) is 11.3 Å². The molecular weight excluding hydrogens is 362 g/mol. The quantitative estimate of drug-likeness (QED) is 0.476. The molecule has 0 spiro atoms. The summed E-state index contributed by atoms with van der Waals surface area (Å²) in [6, 6.07) is 16.9. The first kappa shape index (κ1) is 17.4. The Balaban J connectivity index is 2.16. The van der Waals surface area contributed by atoms with Crippen LogP contribution >= 0.6 is 11.6 Å². The number of para-hydroxylation sites is 1. The third kappa shape index (κ3) is 2.73. The molecule has 0 aliphatic rings. The Bertz CT molecular complexity index is 1180. The summed E-state index contributed by atoms with van der Waals surface area (Å²) in [7, 11) is 1.95. The van der Waals surface area contributed by atoms with Crippen LogP contribution in [0, 0.1) is 0 Å². The van der Waals surface area contributed by atoms with Crippen molar-refractivity contribution in [1.82, 2.24) is 4.57 Å². The summed E-state index contributed by atoms with van der Waals surface area (Å²) in [5.74, 6) is -0.599. The molecule has 0 fully saturated rings. The van der Waals surface area contributed by atoms with Crippen LogP contribution in [0.2, 0.25) is 5.02 Å². The topological polar surface area (TPSA) is 51.5 Å². The van der Waals surface area contributed by atoms with Gasteiger partial charge in [0.15, 0.2) is 0 Å². The molecule has 3 aromatic carbocycles. The summed E-state index contributed by atoms with van der Waals surface area (Å²) in [6.07, 6.45) is 0. The molecule has 0 bridgehead atoms. The van der Waals surface area contributed by atoms with E-state index in [0.717, 1.165) is 27.5 Å². The summed E-state index contributed by atoms with van der Waals surface area (Å²) in [5, 5.41) is 13.1. The molecule has 0 radical (unpaired) electrons. The van der Waals surface area contributed by atoms with Crippen molar-refractivity contribution in [1.29, 1.82) is 0 Å². The second-order valence-corrected chi connectivity index (χ2v) is 6.78. The number of hydrogen-bond donors (Lipinski definition) is 1. The third-order valence-corrected chi connectivity index (χ3v) is 5.05. The van der Waals surface area contributed by atoms with Gasteiger partial charge in [0, 0.05) is 28.5 Å². The fourth-order valence-electron chi connectivity index (χ4n) is 3.58. The number of rotatable bonds is 3. The Morgan fingerprint density at radius 3 is 2.56 bits per heavy atom. The number of aromatic nitrogens is 1. The van der Waals surface area contributed by atoms with Crippen LogP contribution in [0.1, 0.15) is 17.3 Å². The molecule has 0 atom stereocenters. The molecule has 0 saturated heterocycles. The number of nitrogens with zero attached hydrogens (tertiary/aromatic N) is 1. The fraction of sp³-hybridized carbons (Fsp3) is 0.136. The van der Waals surface area contributed by atoms with E-state index in [9.17, 15) is 9.90 Å². The van der Waals surface area contributed by atoms with Gasteiger partial charge in [0.2, 0.25) is 0 Å². The van der Waals surface area contributed by atoms with Crippen molar-refractivity contribution in [3.8, 4) is 16.9 Å². The maximum atomic E-state index is 12.5. The number of phenols is 1. The molecule has 0 aliphatic heterocycles. The Hall–Kier alpha value is -2.98. The van der Waals surface area contributed by atoms with E-state index in [-0.39, 0.29) is 17.9 Å². The molecule has 4 rings (SSSR count). The summed E-state index contributed by atoms with van der Waals surface area (Å²) in [5.41, 5.74) is 3.72. The van der Waals surface area contributed by atoms with E-state index in [1.54, 1.807) is 13.0 Å². The van der Waals surface area contributed by atoms with Gasteiger partial charge in [-0.25, -0.2) is 4.79 Å². The van der Waals surface area contributed by atoms with Gasteiger partial charge in [0.05, 0.1) is 17.5 Å². The van der Waals surface area contributed by atoms with Gasteiger partial charge in [0.25, 0.3) is 0 Å². The first-order chi connectivity index (χ1) is 13.0. The van der Waals surface area contributed by atoms with Gasteiger partial charge in [-0.2, -0.15) is 0 Å². The van der Waals surface area contributed by atoms with Crippen molar-refractivity contribution in [2.24, 2.45) is 7.05 Å². The average Bonchev–Trinajstić information content (AvgIpc) is 2.97. The first-order valence-corrected chi connectivity index (χ1v) is 9.07. The highest BCUT2D eigenvalue weighted by atomic mass is 35.5. The SMILES string of the molecule is CCOC(=O)c1cc(-c2ccc(Cl)cc2)c2c(c1O)c1ccccc1n2C. The van der Waals surface area contributed by atoms with Crippen LogP contribution < -0.4 is 0 Å². The Kier molecular flexibility index (Phi) is 4.28. The number of hydrogen-bond acceptors (Lipinski definition) is 3. The van der Waals surface area contributed by atoms with Crippen molar-refractivity contribution in [2.75, 3.05) is 6.61 Å². The molecule has 1 aromatic heterocycles.